The van der Waals surface area contributed by atoms with Crippen LogP contribution in [0.2, 0.25) is 0 Å². The van der Waals surface area contributed by atoms with Crippen LogP contribution < -0.4 is 5.32 Å². The van der Waals surface area contributed by atoms with Crippen molar-refractivity contribution in [3.8, 4) is 0 Å². The van der Waals surface area contributed by atoms with Crippen LogP contribution in [0.5, 0.6) is 0 Å². The minimum Gasteiger partial charge on any atom is -0.394 e. The Hall–Kier alpha value is -1.67. The summed E-state index contributed by atoms with van der Waals surface area (Å²) in [4.78, 5) is 13.0. The largest absolute Gasteiger partial charge is 0.394 e. The Labute approximate surface area is 326 Å². The highest BCUT2D eigenvalue weighted by molar-refractivity contribution is 5.80. The molecule has 0 radical (unpaired) electrons. The number of carbonyl (C=O) groups is 1. The molecule has 1 saturated heterocycles. The molecule has 11 heteroatoms. The van der Waals surface area contributed by atoms with Crippen molar-refractivity contribution in [2.75, 3.05) is 13.2 Å². The van der Waals surface area contributed by atoms with Crippen LogP contribution in [0.3, 0.4) is 0 Å². The van der Waals surface area contributed by atoms with Crippen LogP contribution in [0.1, 0.15) is 162 Å². The van der Waals surface area contributed by atoms with E-state index in [4.69, 9.17) is 9.47 Å². The number of carbonyl (C=O) groups excluding carboxylic acids is 1. The van der Waals surface area contributed by atoms with Gasteiger partial charge >= 0.3 is 0 Å². The molecule has 1 heterocycles. The van der Waals surface area contributed by atoms with Crippen molar-refractivity contribution in [2.45, 2.75) is 217 Å². The van der Waals surface area contributed by atoms with Crippen molar-refractivity contribution in [3.05, 3.63) is 36.5 Å². The first kappa shape index (κ1) is 50.3. The monoisotopic (exact) mass is 770 g/mol. The minimum atomic E-state index is -1.67. The van der Waals surface area contributed by atoms with Gasteiger partial charge in [0.2, 0.25) is 5.91 Å². The van der Waals surface area contributed by atoms with Crippen molar-refractivity contribution in [1.82, 2.24) is 5.32 Å². The molecule has 9 atom stereocenters. The molecular weight excluding hydrogens is 690 g/mol. The van der Waals surface area contributed by atoms with E-state index in [0.717, 1.165) is 57.8 Å². The second-order valence-corrected chi connectivity index (χ2v) is 15.0. The van der Waals surface area contributed by atoms with Gasteiger partial charge in [-0.15, -0.1) is 0 Å². The predicted molar refractivity (Wildman–Crippen MR) is 215 cm³/mol. The Morgan fingerprint density at radius 2 is 1.15 bits per heavy atom. The summed E-state index contributed by atoms with van der Waals surface area (Å²) in [5, 5.41) is 75.3. The molecule has 8 N–H and O–H groups in total. The number of hydrogen-bond acceptors (Lipinski definition) is 10. The standard InChI is InChI=1S/C43H79NO10/c1-3-5-7-9-11-13-15-16-17-18-19-20-21-23-25-27-29-31-36(47)42(52)44-34(33-53-43-41(51)40(50)39(49)37(32-45)54-43)38(48)35(46)30-28-26-24-22-14-12-10-8-6-4-2/h8,10,19-20,22,24,34-41,43,45-51H,3-7,9,11-18,21,23,25-33H2,1-2H3,(H,44,52)/b10-8+,20-19-,24-22+. The lowest BCUT2D eigenvalue weighted by Gasteiger charge is -2.40. The minimum absolute atomic E-state index is 0.236. The number of rotatable bonds is 34. The second-order valence-electron chi connectivity index (χ2n) is 15.0. The first-order valence-corrected chi connectivity index (χ1v) is 21.4. The second kappa shape index (κ2) is 33.5. The normalized spacial score (nSPS) is 23.0. The fraction of sp³-hybridized carbons (Fsp3) is 0.837. The van der Waals surface area contributed by atoms with E-state index < -0.39 is 74.2 Å². The molecule has 54 heavy (non-hydrogen) atoms. The molecule has 0 aromatic rings. The summed E-state index contributed by atoms with van der Waals surface area (Å²) in [6.45, 7) is 3.31. The lowest BCUT2D eigenvalue weighted by molar-refractivity contribution is -0.303. The summed E-state index contributed by atoms with van der Waals surface area (Å²) < 4.78 is 11.0. The van der Waals surface area contributed by atoms with Gasteiger partial charge in [0.25, 0.3) is 0 Å². The van der Waals surface area contributed by atoms with Gasteiger partial charge in [0, 0.05) is 0 Å². The van der Waals surface area contributed by atoms with E-state index in [1.54, 1.807) is 0 Å². The molecule has 0 aromatic heterocycles. The molecule has 1 fully saturated rings. The Morgan fingerprint density at radius 3 is 1.72 bits per heavy atom. The molecule has 0 aliphatic carbocycles. The van der Waals surface area contributed by atoms with Crippen LogP contribution >= 0.6 is 0 Å². The zero-order valence-corrected chi connectivity index (χ0v) is 33.7. The molecule has 316 valence electrons. The highest BCUT2D eigenvalue weighted by Crippen LogP contribution is 2.23. The van der Waals surface area contributed by atoms with Crippen molar-refractivity contribution >= 4 is 5.91 Å². The zero-order chi connectivity index (χ0) is 39.8. The number of nitrogens with one attached hydrogen (secondary N) is 1. The van der Waals surface area contributed by atoms with E-state index in [-0.39, 0.29) is 12.8 Å². The quantitative estimate of drug-likeness (QED) is 0.0283. The molecule has 0 spiro atoms. The Balaban J connectivity index is 2.51. The zero-order valence-electron chi connectivity index (χ0n) is 33.7. The number of hydrogen-bond donors (Lipinski definition) is 8. The topological polar surface area (TPSA) is 189 Å². The summed E-state index contributed by atoms with van der Waals surface area (Å²) >= 11 is 0. The van der Waals surface area contributed by atoms with Gasteiger partial charge in [0.15, 0.2) is 6.29 Å². The van der Waals surface area contributed by atoms with Crippen LogP contribution in [0, 0.1) is 0 Å². The van der Waals surface area contributed by atoms with Crippen LogP contribution in [0.4, 0.5) is 0 Å². The van der Waals surface area contributed by atoms with E-state index in [1.807, 2.05) is 6.08 Å². The first-order chi connectivity index (χ1) is 26.2. The molecule has 0 aromatic carbocycles. The fourth-order valence-electron chi connectivity index (χ4n) is 6.52. The van der Waals surface area contributed by atoms with Gasteiger partial charge in [-0.2, -0.15) is 0 Å². The maximum atomic E-state index is 13.0. The van der Waals surface area contributed by atoms with Crippen molar-refractivity contribution in [1.29, 1.82) is 0 Å². The summed E-state index contributed by atoms with van der Waals surface area (Å²) in [5.74, 6) is -0.723. The van der Waals surface area contributed by atoms with Gasteiger partial charge in [-0.1, -0.05) is 127 Å². The average Bonchev–Trinajstić information content (AvgIpc) is 3.17. The van der Waals surface area contributed by atoms with Gasteiger partial charge in [-0.3, -0.25) is 4.79 Å². The third kappa shape index (κ3) is 23.4. The fourth-order valence-corrected chi connectivity index (χ4v) is 6.52. The number of allylic oxidation sites excluding steroid dienone is 6. The number of aliphatic hydroxyl groups is 7. The van der Waals surface area contributed by atoms with E-state index >= 15 is 0 Å². The molecular formula is C43H79NO10. The van der Waals surface area contributed by atoms with Gasteiger partial charge in [0.05, 0.1) is 25.4 Å². The predicted octanol–water partition coefficient (Wildman–Crippen LogP) is 6.05. The van der Waals surface area contributed by atoms with E-state index in [9.17, 15) is 40.5 Å². The molecule has 11 nitrogen and oxygen atoms in total. The third-order valence-corrected chi connectivity index (χ3v) is 10.1. The van der Waals surface area contributed by atoms with E-state index in [0.29, 0.717) is 19.3 Å². The first-order valence-electron chi connectivity index (χ1n) is 21.4. The highest BCUT2D eigenvalue weighted by Gasteiger charge is 2.44. The maximum absolute atomic E-state index is 13.0. The van der Waals surface area contributed by atoms with Crippen LogP contribution in [0.15, 0.2) is 36.5 Å². The van der Waals surface area contributed by atoms with Gasteiger partial charge in [0.1, 0.15) is 36.6 Å². The number of aliphatic hydroxyl groups excluding tert-OH is 7. The molecule has 1 aliphatic rings. The Bertz CT molecular complexity index is 976. The van der Waals surface area contributed by atoms with Gasteiger partial charge in [-0.05, 0) is 70.6 Å². The Kier molecular flexibility index (Phi) is 31.2. The van der Waals surface area contributed by atoms with Crippen LogP contribution in [-0.2, 0) is 14.3 Å². The van der Waals surface area contributed by atoms with E-state index in [2.05, 4.69) is 49.5 Å². The smallest absolute Gasteiger partial charge is 0.249 e. The molecule has 1 rings (SSSR count). The summed E-state index contributed by atoms with van der Waals surface area (Å²) in [6.07, 6.45) is 25.0. The van der Waals surface area contributed by atoms with Crippen molar-refractivity contribution < 1.29 is 50.0 Å². The maximum Gasteiger partial charge on any atom is 0.249 e. The summed E-state index contributed by atoms with van der Waals surface area (Å²) in [6, 6.07) is -1.19. The number of ether oxygens (including phenoxy) is 2. The van der Waals surface area contributed by atoms with Crippen LogP contribution in [-0.4, -0.2) is 110 Å². The van der Waals surface area contributed by atoms with Crippen molar-refractivity contribution in [3.63, 3.8) is 0 Å². The molecule has 0 saturated carbocycles. The van der Waals surface area contributed by atoms with Crippen molar-refractivity contribution in [2.24, 2.45) is 0 Å². The summed E-state index contributed by atoms with van der Waals surface area (Å²) in [5.41, 5.74) is 0. The lowest BCUT2D eigenvalue weighted by atomic mass is 9.98. The summed E-state index contributed by atoms with van der Waals surface area (Å²) in [7, 11) is 0. The number of amides is 1. The SMILES string of the molecule is CCC/C=C/CC/C=C/CCCC(O)C(O)C(COC1OC(CO)C(O)C(O)C1O)NC(=O)C(O)CCCCCC/C=C\CCCCCCCCCCC. The lowest BCUT2D eigenvalue weighted by Crippen LogP contribution is -2.60. The number of unbranched alkanes of at least 4 members (excludes halogenated alkanes) is 16. The van der Waals surface area contributed by atoms with Crippen LogP contribution in [0.25, 0.3) is 0 Å². The third-order valence-electron chi connectivity index (χ3n) is 10.1. The Morgan fingerprint density at radius 1 is 0.630 bits per heavy atom. The average molecular weight is 770 g/mol. The van der Waals surface area contributed by atoms with E-state index in [1.165, 1.54) is 57.8 Å². The molecule has 9 unspecified atom stereocenters. The van der Waals surface area contributed by atoms with Gasteiger partial charge < -0.3 is 50.5 Å². The van der Waals surface area contributed by atoms with Gasteiger partial charge in [-0.25, -0.2) is 0 Å². The molecule has 0 bridgehead atoms. The highest BCUT2D eigenvalue weighted by atomic mass is 16.7. The molecule has 1 amide bonds. The molecule has 1 aliphatic heterocycles.